The standard InChI is InChI=1S/C24H19ClF2N2O3/c1-3-13(2)31-16-7-4-14(5-8-16)23(30)28-15-6-9-22-21(10-15)29-24(32-22)17-11-19(26)20(27)12-18(17)25/h4-13H,3H2,1-2H3,(H,28,30)/t13-/m0/s1. The van der Waals surface area contributed by atoms with Crippen LogP contribution in [0.5, 0.6) is 5.75 Å². The molecule has 0 saturated carbocycles. The van der Waals surface area contributed by atoms with Gasteiger partial charge in [-0.05, 0) is 67.9 Å². The van der Waals surface area contributed by atoms with Crippen molar-refractivity contribution in [3.05, 3.63) is 76.8 Å². The van der Waals surface area contributed by atoms with Gasteiger partial charge in [0.05, 0.1) is 16.7 Å². The summed E-state index contributed by atoms with van der Waals surface area (Å²) in [7, 11) is 0. The molecule has 0 fully saturated rings. The molecule has 1 N–H and O–H groups in total. The van der Waals surface area contributed by atoms with Crippen LogP contribution in [-0.2, 0) is 0 Å². The number of aromatic nitrogens is 1. The van der Waals surface area contributed by atoms with E-state index in [2.05, 4.69) is 10.3 Å². The summed E-state index contributed by atoms with van der Waals surface area (Å²) in [5, 5.41) is 2.78. The highest BCUT2D eigenvalue weighted by atomic mass is 35.5. The lowest BCUT2D eigenvalue weighted by atomic mass is 10.2. The van der Waals surface area contributed by atoms with E-state index in [0.717, 1.165) is 18.6 Å². The fourth-order valence-corrected chi connectivity index (χ4v) is 3.24. The van der Waals surface area contributed by atoms with Crippen LogP contribution >= 0.6 is 11.6 Å². The summed E-state index contributed by atoms with van der Waals surface area (Å²) in [4.78, 5) is 16.9. The molecule has 0 bridgehead atoms. The molecule has 4 aromatic rings. The van der Waals surface area contributed by atoms with Crippen molar-refractivity contribution in [3.63, 3.8) is 0 Å². The third kappa shape index (κ3) is 4.57. The first kappa shape index (κ1) is 21.8. The zero-order chi connectivity index (χ0) is 22.8. The molecule has 164 valence electrons. The van der Waals surface area contributed by atoms with Crippen molar-refractivity contribution in [2.45, 2.75) is 26.4 Å². The number of hydrogen-bond acceptors (Lipinski definition) is 4. The molecule has 0 radical (unpaired) electrons. The Hall–Kier alpha value is -3.45. The van der Waals surface area contributed by atoms with Crippen LogP contribution < -0.4 is 10.1 Å². The molecule has 0 aliphatic heterocycles. The lowest BCUT2D eigenvalue weighted by Gasteiger charge is -2.12. The fourth-order valence-electron chi connectivity index (χ4n) is 3.01. The van der Waals surface area contributed by atoms with Crippen LogP contribution in [0.3, 0.4) is 0 Å². The molecule has 1 aromatic heterocycles. The molecule has 0 aliphatic rings. The van der Waals surface area contributed by atoms with Crippen LogP contribution in [0.1, 0.15) is 30.6 Å². The summed E-state index contributed by atoms with van der Waals surface area (Å²) in [5.41, 5.74) is 1.93. The number of rotatable bonds is 6. The molecule has 3 aromatic carbocycles. The number of anilines is 1. The first-order valence-corrected chi connectivity index (χ1v) is 10.4. The summed E-state index contributed by atoms with van der Waals surface area (Å²) in [6.07, 6.45) is 0.978. The van der Waals surface area contributed by atoms with Crippen LogP contribution in [0, 0.1) is 11.6 Å². The van der Waals surface area contributed by atoms with Gasteiger partial charge in [-0.1, -0.05) is 18.5 Å². The average molecular weight is 457 g/mol. The number of carbonyl (C=O) groups is 1. The van der Waals surface area contributed by atoms with Crippen molar-refractivity contribution in [2.75, 3.05) is 5.32 Å². The highest BCUT2D eigenvalue weighted by molar-refractivity contribution is 6.33. The van der Waals surface area contributed by atoms with E-state index in [9.17, 15) is 13.6 Å². The molecule has 0 aliphatic carbocycles. The molecule has 0 spiro atoms. The Bertz CT molecular complexity index is 1290. The molecular formula is C24H19ClF2N2O3. The summed E-state index contributed by atoms with van der Waals surface area (Å²) < 4.78 is 38.3. The predicted molar refractivity (Wildman–Crippen MR) is 119 cm³/mol. The Labute approximate surface area is 188 Å². The van der Waals surface area contributed by atoms with Crippen molar-refractivity contribution in [2.24, 2.45) is 0 Å². The van der Waals surface area contributed by atoms with E-state index in [1.54, 1.807) is 42.5 Å². The monoisotopic (exact) mass is 456 g/mol. The van der Waals surface area contributed by atoms with E-state index in [4.69, 9.17) is 20.8 Å². The van der Waals surface area contributed by atoms with E-state index in [-0.39, 0.29) is 28.5 Å². The van der Waals surface area contributed by atoms with Gasteiger partial charge in [0.15, 0.2) is 17.2 Å². The zero-order valence-electron chi connectivity index (χ0n) is 17.3. The minimum Gasteiger partial charge on any atom is -0.491 e. The Morgan fingerprint density at radius 2 is 1.84 bits per heavy atom. The third-order valence-corrected chi connectivity index (χ3v) is 5.23. The van der Waals surface area contributed by atoms with Crippen molar-refractivity contribution in [1.82, 2.24) is 4.98 Å². The minimum absolute atomic E-state index is 0.0234. The van der Waals surface area contributed by atoms with Gasteiger partial charge >= 0.3 is 0 Å². The van der Waals surface area contributed by atoms with Gasteiger partial charge in [-0.25, -0.2) is 13.8 Å². The highest BCUT2D eigenvalue weighted by Gasteiger charge is 2.16. The van der Waals surface area contributed by atoms with Crippen LogP contribution in [0.15, 0.2) is 59.0 Å². The van der Waals surface area contributed by atoms with Gasteiger partial charge in [0.1, 0.15) is 11.3 Å². The summed E-state index contributed by atoms with van der Waals surface area (Å²) in [6, 6.07) is 13.6. The Morgan fingerprint density at radius 1 is 1.12 bits per heavy atom. The third-order valence-electron chi connectivity index (χ3n) is 4.91. The van der Waals surface area contributed by atoms with Crippen molar-refractivity contribution in [1.29, 1.82) is 0 Å². The quantitative estimate of drug-likeness (QED) is 0.322. The Kier molecular flexibility index (Phi) is 6.10. The molecule has 5 nitrogen and oxygen atoms in total. The average Bonchev–Trinajstić information content (AvgIpc) is 3.19. The van der Waals surface area contributed by atoms with E-state index in [1.807, 2.05) is 13.8 Å². The zero-order valence-corrected chi connectivity index (χ0v) is 18.0. The van der Waals surface area contributed by atoms with Gasteiger partial charge in [-0.15, -0.1) is 0 Å². The van der Waals surface area contributed by atoms with Gasteiger partial charge in [0.2, 0.25) is 5.89 Å². The van der Waals surface area contributed by atoms with Crippen molar-refractivity contribution >= 4 is 34.3 Å². The molecule has 8 heteroatoms. The van der Waals surface area contributed by atoms with E-state index in [1.165, 1.54) is 0 Å². The topological polar surface area (TPSA) is 64.4 Å². The van der Waals surface area contributed by atoms with Gasteiger partial charge in [0.25, 0.3) is 5.91 Å². The molecule has 32 heavy (non-hydrogen) atoms. The number of nitrogens with one attached hydrogen (secondary N) is 1. The van der Waals surface area contributed by atoms with E-state index >= 15 is 0 Å². The SMILES string of the molecule is CC[C@H](C)Oc1ccc(C(=O)Nc2ccc3oc(-c4cc(F)c(F)cc4Cl)nc3c2)cc1. The number of halogens is 3. The van der Waals surface area contributed by atoms with Crippen LogP contribution in [-0.4, -0.2) is 17.0 Å². The summed E-state index contributed by atoms with van der Waals surface area (Å²) in [5.74, 6) is -1.67. The number of amides is 1. The molecular weight excluding hydrogens is 438 g/mol. The maximum Gasteiger partial charge on any atom is 0.255 e. The van der Waals surface area contributed by atoms with Crippen molar-refractivity contribution in [3.8, 4) is 17.2 Å². The number of benzene rings is 3. The summed E-state index contributed by atoms with van der Waals surface area (Å²) in [6.45, 7) is 4.01. The first-order valence-electron chi connectivity index (χ1n) is 9.97. The number of nitrogens with zero attached hydrogens (tertiary/aromatic N) is 1. The Balaban J connectivity index is 1.53. The predicted octanol–water partition coefficient (Wildman–Crippen LogP) is 6.86. The maximum atomic E-state index is 13.6. The van der Waals surface area contributed by atoms with Gasteiger partial charge in [-0.3, -0.25) is 4.79 Å². The second kappa shape index (κ2) is 8.96. The lowest BCUT2D eigenvalue weighted by Crippen LogP contribution is -2.12. The maximum absolute atomic E-state index is 13.6. The number of fused-ring (bicyclic) bond motifs is 1. The minimum atomic E-state index is -1.06. The molecule has 1 amide bonds. The van der Waals surface area contributed by atoms with Crippen LogP contribution in [0.2, 0.25) is 5.02 Å². The number of carbonyl (C=O) groups excluding carboxylic acids is 1. The van der Waals surface area contributed by atoms with Gasteiger partial charge in [0, 0.05) is 11.3 Å². The first-order chi connectivity index (χ1) is 15.3. The van der Waals surface area contributed by atoms with Gasteiger partial charge < -0.3 is 14.5 Å². The molecule has 1 atom stereocenters. The highest BCUT2D eigenvalue weighted by Crippen LogP contribution is 2.32. The largest absolute Gasteiger partial charge is 0.491 e. The number of hydrogen-bond donors (Lipinski definition) is 1. The summed E-state index contributed by atoms with van der Waals surface area (Å²) >= 11 is 6.01. The van der Waals surface area contributed by atoms with Crippen LogP contribution in [0.25, 0.3) is 22.6 Å². The smallest absolute Gasteiger partial charge is 0.255 e. The van der Waals surface area contributed by atoms with Gasteiger partial charge in [-0.2, -0.15) is 0 Å². The fraction of sp³-hybridized carbons (Fsp3) is 0.167. The Morgan fingerprint density at radius 3 is 2.56 bits per heavy atom. The molecule has 1 heterocycles. The van der Waals surface area contributed by atoms with E-state index in [0.29, 0.717) is 28.1 Å². The van der Waals surface area contributed by atoms with Crippen molar-refractivity contribution < 1.29 is 22.7 Å². The second-order valence-electron chi connectivity index (χ2n) is 7.26. The second-order valence-corrected chi connectivity index (χ2v) is 7.67. The molecule has 0 unspecified atom stereocenters. The van der Waals surface area contributed by atoms with Crippen LogP contribution in [0.4, 0.5) is 14.5 Å². The lowest BCUT2D eigenvalue weighted by molar-refractivity contribution is 0.102. The number of oxazole rings is 1. The normalized spacial score (nSPS) is 12.0. The molecule has 4 rings (SSSR count). The van der Waals surface area contributed by atoms with E-state index < -0.39 is 11.6 Å². The number of ether oxygens (including phenoxy) is 1. The molecule has 0 saturated heterocycles.